The van der Waals surface area contributed by atoms with E-state index in [1.807, 2.05) is 0 Å². The summed E-state index contributed by atoms with van der Waals surface area (Å²) >= 11 is 11.8. The van der Waals surface area contributed by atoms with Crippen LogP contribution in [0.5, 0.6) is 0 Å². The summed E-state index contributed by atoms with van der Waals surface area (Å²) in [6.45, 7) is 0.269. The summed E-state index contributed by atoms with van der Waals surface area (Å²) in [5.41, 5.74) is 0.957. The third kappa shape index (κ3) is 3.10. The van der Waals surface area contributed by atoms with Crippen molar-refractivity contribution in [3.05, 3.63) is 50.4 Å². The molecule has 4 nitrogen and oxygen atoms in total. The standard InChI is InChI=1S/C12H10Cl2N2O2/c1-18-6-10-5-11(17)16-12(15-10)7-2-8(13)4-9(14)3-7/h2-5H,6H2,1H3,(H,15,16,17). The van der Waals surface area contributed by atoms with Gasteiger partial charge in [-0.3, -0.25) is 4.79 Å². The first-order valence-corrected chi connectivity index (χ1v) is 5.90. The van der Waals surface area contributed by atoms with E-state index >= 15 is 0 Å². The fourth-order valence-corrected chi connectivity index (χ4v) is 2.08. The van der Waals surface area contributed by atoms with Gasteiger partial charge in [-0.25, -0.2) is 4.98 Å². The lowest BCUT2D eigenvalue weighted by Gasteiger charge is -2.05. The first kappa shape index (κ1) is 13.1. The van der Waals surface area contributed by atoms with E-state index in [2.05, 4.69) is 9.97 Å². The number of aromatic nitrogens is 2. The van der Waals surface area contributed by atoms with Crippen LogP contribution in [0.3, 0.4) is 0 Å². The third-order valence-electron chi connectivity index (χ3n) is 2.22. The Morgan fingerprint density at radius 1 is 1.22 bits per heavy atom. The number of H-pyrrole nitrogens is 1. The monoisotopic (exact) mass is 284 g/mol. The smallest absolute Gasteiger partial charge is 0.251 e. The summed E-state index contributed by atoms with van der Waals surface area (Å²) in [6, 6.07) is 6.37. The Hall–Kier alpha value is -1.36. The van der Waals surface area contributed by atoms with Gasteiger partial charge in [0.25, 0.3) is 5.56 Å². The van der Waals surface area contributed by atoms with Crippen molar-refractivity contribution in [1.29, 1.82) is 0 Å². The molecule has 2 aromatic rings. The van der Waals surface area contributed by atoms with Crippen molar-refractivity contribution in [2.45, 2.75) is 6.61 Å². The van der Waals surface area contributed by atoms with Crippen molar-refractivity contribution in [3.8, 4) is 11.4 Å². The number of aromatic amines is 1. The van der Waals surface area contributed by atoms with E-state index in [4.69, 9.17) is 27.9 Å². The highest BCUT2D eigenvalue weighted by Gasteiger charge is 2.06. The molecule has 0 atom stereocenters. The molecule has 94 valence electrons. The number of hydrogen-bond acceptors (Lipinski definition) is 3. The van der Waals surface area contributed by atoms with E-state index in [1.165, 1.54) is 6.07 Å². The quantitative estimate of drug-likeness (QED) is 0.943. The lowest BCUT2D eigenvalue weighted by atomic mass is 10.2. The molecule has 2 rings (SSSR count). The van der Waals surface area contributed by atoms with Crippen molar-refractivity contribution in [3.63, 3.8) is 0 Å². The van der Waals surface area contributed by atoms with Gasteiger partial charge in [-0.15, -0.1) is 0 Å². The SMILES string of the molecule is COCc1cc(=O)[nH]c(-c2cc(Cl)cc(Cl)c2)n1. The van der Waals surface area contributed by atoms with Crippen LogP contribution in [0.4, 0.5) is 0 Å². The van der Waals surface area contributed by atoms with Crippen LogP contribution in [0.1, 0.15) is 5.69 Å². The van der Waals surface area contributed by atoms with Crippen LogP contribution >= 0.6 is 23.2 Å². The van der Waals surface area contributed by atoms with Gasteiger partial charge >= 0.3 is 0 Å². The Kier molecular flexibility index (Phi) is 4.01. The molecule has 18 heavy (non-hydrogen) atoms. The first-order chi connectivity index (χ1) is 8.58. The minimum absolute atomic E-state index is 0.247. The second-order valence-corrected chi connectivity index (χ2v) is 4.55. The number of hydrogen-bond donors (Lipinski definition) is 1. The topological polar surface area (TPSA) is 55.0 Å². The second-order valence-electron chi connectivity index (χ2n) is 3.68. The van der Waals surface area contributed by atoms with Gasteiger partial charge < -0.3 is 9.72 Å². The summed E-state index contributed by atoms with van der Waals surface area (Å²) in [5, 5.41) is 0.967. The molecule has 0 aliphatic carbocycles. The van der Waals surface area contributed by atoms with E-state index in [1.54, 1.807) is 25.3 Å². The summed E-state index contributed by atoms with van der Waals surface area (Å²) in [7, 11) is 1.54. The molecule has 0 fully saturated rings. The average Bonchev–Trinajstić information content (AvgIpc) is 2.27. The molecule has 0 bridgehead atoms. The van der Waals surface area contributed by atoms with Gasteiger partial charge in [-0.1, -0.05) is 23.2 Å². The molecular weight excluding hydrogens is 275 g/mol. The number of nitrogens with one attached hydrogen (secondary N) is 1. The fraction of sp³-hybridized carbons (Fsp3) is 0.167. The summed E-state index contributed by atoms with van der Waals surface area (Å²) in [4.78, 5) is 18.4. The normalized spacial score (nSPS) is 10.6. The highest BCUT2D eigenvalue weighted by Crippen LogP contribution is 2.24. The van der Waals surface area contributed by atoms with Crippen LogP contribution in [0, 0.1) is 0 Å². The van der Waals surface area contributed by atoms with Gasteiger partial charge in [0, 0.05) is 28.8 Å². The molecular formula is C12H10Cl2N2O2. The molecule has 0 unspecified atom stereocenters. The van der Waals surface area contributed by atoms with Gasteiger partial charge in [0.05, 0.1) is 12.3 Å². The number of rotatable bonds is 3. The lowest BCUT2D eigenvalue weighted by molar-refractivity contribution is 0.181. The van der Waals surface area contributed by atoms with Gasteiger partial charge in [0.1, 0.15) is 5.82 Å². The number of ether oxygens (including phenoxy) is 1. The molecule has 0 aliphatic rings. The zero-order chi connectivity index (χ0) is 13.1. The van der Waals surface area contributed by atoms with Crippen LogP contribution in [-0.2, 0) is 11.3 Å². The van der Waals surface area contributed by atoms with Crippen molar-refractivity contribution < 1.29 is 4.74 Å². The van der Waals surface area contributed by atoms with Gasteiger partial charge in [-0.05, 0) is 18.2 Å². The lowest BCUT2D eigenvalue weighted by Crippen LogP contribution is -2.10. The van der Waals surface area contributed by atoms with E-state index in [9.17, 15) is 4.79 Å². The first-order valence-electron chi connectivity index (χ1n) is 5.14. The Balaban J connectivity index is 2.52. The number of benzene rings is 1. The van der Waals surface area contributed by atoms with Crippen molar-refractivity contribution in [1.82, 2.24) is 9.97 Å². The highest BCUT2D eigenvalue weighted by atomic mass is 35.5. The van der Waals surface area contributed by atoms with Crippen LogP contribution in [-0.4, -0.2) is 17.1 Å². The molecule has 0 saturated heterocycles. The van der Waals surface area contributed by atoms with Crippen LogP contribution in [0.2, 0.25) is 10.0 Å². The molecule has 0 amide bonds. The summed E-state index contributed by atoms with van der Waals surface area (Å²) < 4.78 is 4.95. The van der Waals surface area contributed by atoms with Crippen molar-refractivity contribution in [2.75, 3.05) is 7.11 Å². The number of nitrogens with zero attached hydrogens (tertiary/aromatic N) is 1. The highest BCUT2D eigenvalue weighted by molar-refractivity contribution is 6.35. The molecule has 0 saturated carbocycles. The van der Waals surface area contributed by atoms with Crippen molar-refractivity contribution in [2.24, 2.45) is 0 Å². The Labute approximate surface area is 114 Å². The second kappa shape index (κ2) is 5.52. The third-order valence-corrected chi connectivity index (χ3v) is 2.66. The van der Waals surface area contributed by atoms with Gasteiger partial charge in [0.15, 0.2) is 0 Å². The molecule has 0 spiro atoms. The molecule has 1 heterocycles. The Bertz CT molecular complexity index is 605. The summed E-state index contributed by atoms with van der Waals surface area (Å²) in [6.07, 6.45) is 0. The molecule has 0 radical (unpaired) electrons. The predicted molar refractivity (Wildman–Crippen MR) is 71.0 cm³/mol. The fourth-order valence-electron chi connectivity index (χ4n) is 1.56. The molecule has 1 aromatic heterocycles. The minimum Gasteiger partial charge on any atom is -0.378 e. The molecule has 1 N–H and O–H groups in total. The van der Waals surface area contributed by atoms with Crippen LogP contribution < -0.4 is 5.56 Å². The number of methoxy groups -OCH3 is 1. The van der Waals surface area contributed by atoms with E-state index in [0.29, 0.717) is 27.1 Å². The Morgan fingerprint density at radius 3 is 2.50 bits per heavy atom. The van der Waals surface area contributed by atoms with Gasteiger partial charge in [-0.2, -0.15) is 0 Å². The summed E-state index contributed by atoms with van der Waals surface area (Å²) in [5.74, 6) is 0.416. The molecule has 1 aromatic carbocycles. The Morgan fingerprint density at radius 2 is 1.89 bits per heavy atom. The van der Waals surface area contributed by atoms with E-state index in [0.717, 1.165) is 0 Å². The number of halogens is 2. The predicted octanol–water partition coefficient (Wildman–Crippen LogP) is 2.89. The van der Waals surface area contributed by atoms with Gasteiger partial charge in [0.2, 0.25) is 0 Å². The van der Waals surface area contributed by atoms with E-state index < -0.39 is 0 Å². The van der Waals surface area contributed by atoms with E-state index in [-0.39, 0.29) is 12.2 Å². The average molecular weight is 285 g/mol. The minimum atomic E-state index is -0.247. The zero-order valence-corrected chi connectivity index (χ0v) is 11.0. The zero-order valence-electron chi connectivity index (χ0n) is 9.54. The molecule has 6 heteroatoms. The maximum atomic E-state index is 11.5. The van der Waals surface area contributed by atoms with Crippen LogP contribution in [0.25, 0.3) is 11.4 Å². The van der Waals surface area contributed by atoms with Crippen molar-refractivity contribution >= 4 is 23.2 Å². The van der Waals surface area contributed by atoms with Crippen LogP contribution in [0.15, 0.2) is 29.1 Å². The maximum Gasteiger partial charge on any atom is 0.251 e. The largest absolute Gasteiger partial charge is 0.378 e. The maximum absolute atomic E-state index is 11.5. The molecule has 0 aliphatic heterocycles.